The SMILES string of the molecule is CC/C=C\C/C=C\C/C=C\C/C=C\CCCCCCCCC(=O)OCC(COC(=O)CCCCCCCCCCC/C=C\CCCCCCCC)OC(=O)CCCCCCCC/C=C\C/C=C\C/C=C\CCCCC. The van der Waals surface area contributed by atoms with E-state index < -0.39 is 6.10 Å². The number of esters is 3. The quantitative estimate of drug-likeness (QED) is 0.0261. The molecule has 0 saturated carbocycles. The highest BCUT2D eigenvalue weighted by Crippen LogP contribution is 2.15. The zero-order valence-electron chi connectivity index (χ0n) is 49.3. The number of rotatable bonds is 57. The normalized spacial score (nSPS) is 12.7. The van der Waals surface area contributed by atoms with Gasteiger partial charge in [-0.25, -0.2) is 0 Å². The molecule has 0 aliphatic rings. The smallest absolute Gasteiger partial charge is 0.306 e. The predicted molar refractivity (Wildman–Crippen MR) is 325 cm³/mol. The predicted octanol–water partition coefficient (Wildman–Crippen LogP) is 21.7. The lowest BCUT2D eigenvalue weighted by molar-refractivity contribution is -0.167. The van der Waals surface area contributed by atoms with Crippen LogP contribution in [0.4, 0.5) is 0 Å². The minimum absolute atomic E-state index is 0.0883. The van der Waals surface area contributed by atoms with Crippen molar-refractivity contribution in [3.05, 3.63) is 97.2 Å². The third kappa shape index (κ3) is 61.1. The third-order valence-electron chi connectivity index (χ3n) is 13.5. The summed E-state index contributed by atoms with van der Waals surface area (Å²) in [7, 11) is 0. The van der Waals surface area contributed by atoms with E-state index in [1.165, 1.54) is 141 Å². The molecule has 0 radical (unpaired) electrons. The first-order valence-corrected chi connectivity index (χ1v) is 31.7. The van der Waals surface area contributed by atoms with Crippen LogP contribution >= 0.6 is 0 Å². The van der Waals surface area contributed by atoms with Gasteiger partial charge in [0.05, 0.1) is 0 Å². The van der Waals surface area contributed by atoms with Crippen LogP contribution in [0.2, 0.25) is 0 Å². The van der Waals surface area contributed by atoms with E-state index in [0.29, 0.717) is 19.3 Å². The van der Waals surface area contributed by atoms with E-state index in [2.05, 4.69) is 118 Å². The molecule has 0 bridgehead atoms. The Kier molecular flexibility index (Phi) is 59.8. The summed E-state index contributed by atoms with van der Waals surface area (Å²) >= 11 is 0. The molecular formula is C69H118O6. The van der Waals surface area contributed by atoms with E-state index in [1.54, 1.807) is 0 Å². The van der Waals surface area contributed by atoms with E-state index in [-0.39, 0.29) is 31.1 Å². The van der Waals surface area contributed by atoms with Crippen LogP contribution in [-0.4, -0.2) is 37.2 Å². The Morgan fingerprint density at radius 3 is 0.853 bits per heavy atom. The highest BCUT2D eigenvalue weighted by atomic mass is 16.6. The maximum absolute atomic E-state index is 12.9. The first-order chi connectivity index (χ1) is 37.0. The molecule has 0 aromatic carbocycles. The van der Waals surface area contributed by atoms with Crippen LogP contribution < -0.4 is 0 Å². The summed E-state index contributed by atoms with van der Waals surface area (Å²) in [6.45, 7) is 6.50. The summed E-state index contributed by atoms with van der Waals surface area (Å²) in [6.07, 6.45) is 84.0. The fourth-order valence-electron chi connectivity index (χ4n) is 8.79. The van der Waals surface area contributed by atoms with Gasteiger partial charge in [-0.1, -0.05) is 259 Å². The lowest BCUT2D eigenvalue weighted by atomic mass is 10.1. The molecule has 0 N–H and O–H groups in total. The lowest BCUT2D eigenvalue weighted by Gasteiger charge is -2.18. The van der Waals surface area contributed by atoms with Crippen LogP contribution in [0.15, 0.2) is 97.2 Å². The largest absolute Gasteiger partial charge is 0.462 e. The van der Waals surface area contributed by atoms with Gasteiger partial charge in [0, 0.05) is 19.3 Å². The van der Waals surface area contributed by atoms with Crippen molar-refractivity contribution in [2.75, 3.05) is 13.2 Å². The number of unbranched alkanes of at least 4 members (excludes halogenated alkanes) is 30. The van der Waals surface area contributed by atoms with Crippen LogP contribution in [0.25, 0.3) is 0 Å². The fourth-order valence-corrected chi connectivity index (χ4v) is 8.79. The molecule has 0 spiro atoms. The Hall–Kier alpha value is -3.67. The third-order valence-corrected chi connectivity index (χ3v) is 13.5. The average molecular weight is 1040 g/mol. The van der Waals surface area contributed by atoms with Gasteiger partial charge in [0.15, 0.2) is 6.10 Å². The van der Waals surface area contributed by atoms with Crippen molar-refractivity contribution < 1.29 is 28.6 Å². The lowest BCUT2D eigenvalue weighted by Crippen LogP contribution is -2.30. The first kappa shape index (κ1) is 71.3. The molecule has 75 heavy (non-hydrogen) atoms. The zero-order chi connectivity index (χ0) is 54.3. The molecule has 0 heterocycles. The van der Waals surface area contributed by atoms with Gasteiger partial charge in [-0.3, -0.25) is 14.4 Å². The van der Waals surface area contributed by atoms with Crippen LogP contribution in [0.1, 0.15) is 303 Å². The molecule has 0 saturated heterocycles. The van der Waals surface area contributed by atoms with Crippen molar-refractivity contribution >= 4 is 17.9 Å². The van der Waals surface area contributed by atoms with Gasteiger partial charge in [0.1, 0.15) is 13.2 Å². The first-order valence-electron chi connectivity index (χ1n) is 31.7. The fraction of sp³-hybridized carbons (Fsp3) is 0.725. The van der Waals surface area contributed by atoms with E-state index in [9.17, 15) is 14.4 Å². The molecule has 0 aromatic rings. The molecular weight excluding hydrogens is 925 g/mol. The van der Waals surface area contributed by atoms with E-state index in [4.69, 9.17) is 14.2 Å². The molecule has 0 aliphatic carbocycles. The molecule has 0 rings (SSSR count). The van der Waals surface area contributed by atoms with Crippen molar-refractivity contribution in [1.29, 1.82) is 0 Å². The summed E-state index contributed by atoms with van der Waals surface area (Å²) in [6, 6.07) is 0. The van der Waals surface area contributed by atoms with E-state index in [0.717, 1.165) is 122 Å². The number of carbonyl (C=O) groups is 3. The van der Waals surface area contributed by atoms with Crippen molar-refractivity contribution in [2.45, 2.75) is 309 Å². The van der Waals surface area contributed by atoms with E-state index in [1.807, 2.05) is 0 Å². The van der Waals surface area contributed by atoms with Gasteiger partial charge in [-0.15, -0.1) is 0 Å². The highest BCUT2D eigenvalue weighted by molar-refractivity contribution is 5.71. The summed E-state index contributed by atoms with van der Waals surface area (Å²) in [5.41, 5.74) is 0. The molecule has 6 heteroatoms. The van der Waals surface area contributed by atoms with Crippen molar-refractivity contribution in [1.82, 2.24) is 0 Å². The number of ether oxygens (including phenoxy) is 3. The van der Waals surface area contributed by atoms with Crippen molar-refractivity contribution in [3.63, 3.8) is 0 Å². The van der Waals surface area contributed by atoms with Crippen molar-refractivity contribution in [2.24, 2.45) is 0 Å². The molecule has 6 nitrogen and oxygen atoms in total. The summed E-state index contributed by atoms with van der Waals surface area (Å²) in [5, 5.41) is 0. The number of carbonyl (C=O) groups excluding carboxylic acids is 3. The van der Waals surface area contributed by atoms with Crippen LogP contribution in [0, 0.1) is 0 Å². The second kappa shape index (κ2) is 62.9. The summed E-state index contributed by atoms with van der Waals surface area (Å²) < 4.78 is 16.9. The Labute approximate surface area is 464 Å². The maximum Gasteiger partial charge on any atom is 0.306 e. The number of hydrogen-bond acceptors (Lipinski definition) is 6. The Morgan fingerprint density at radius 2 is 0.520 bits per heavy atom. The van der Waals surface area contributed by atoms with Crippen LogP contribution in [-0.2, 0) is 28.6 Å². The topological polar surface area (TPSA) is 78.9 Å². The average Bonchev–Trinajstić information content (AvgIpc) is 3.41. The Bertz CT molecular complexity index is 1480. The molecule has 1 unspecified atom stereocenters. The monoisotopic (exact) mass is 1040 g/mol. The van der Waals surface area contributed by atoms with Crippen molar-refractivity contribution in [3.8, 4) is 0 Å². The molecule has 430 valence electrons. The highest BCUT2D eigenvalue weighted by Gasteiger charge is 2.19. The minimum Gasteiger partial charge on any atom is -0.462 e. The van der Waals surface area contributed by atoms with Gasteiger partial charge in [-0.05, 0) is 122 Å². The van der Waals surface area contributed by atoms with E-state index >= 15 is 0 Å². The van der Waals surface area contributed by atoms with Crippen LogP contribution in [0.5, 0.6) is 0 Å². The summed E-state index contributed by atoms with van der Waals surface area (Å²) in [5.74, 6) is -0.908. The maximum atomic E-state index is 12.9. The molecule has 0 aliphatic heterocycles. The summed E-state index contributed by atoms with van der Waals surface area (Å²) in [4.78, 5) is 38.3. The number of allylic oxidation sites excluding steroid dienone is 16. The van der Waals surface area contributed by atoms with Gasteiger partial charge < -0.3 is 14.2 Å². The van der Waals surface area contributed by atoms with Gasteiger partial charge >= 0.3 is 17.9 Å². The standard InChI is InChI=1S/C69H118O6/c1-4-7-10-13-16-19-22-25-28-31-34-37-40-43-46-49-52-55-58-61-67(70)73-64-66(75-69(72)63-60-57-54-51-48-45-42-39-36-33-30-27-24-21-18-15-12-9-6-3)65-74-68(71)62-59-56-53-50-47-44-41-38-35-32-29-26-23-20-17-14-11-8-5-2/h7,10,16,18-19,21,25-30,34,36-37,39,66H,4-6,8-9,11-15,17,20,22-24,31-33,35,38,40-65H2,1-3H3/b10-7-,19-16-,21-18-,28-25-,29-26-,30-27-,37-34-,39-36-. The molecule has 0 aromatic heterocycles. The second-order valence-electron chi connectivity index (χ2n) is 20.9. The molecule has 1 atom stereocenters. The van der Waals surface area contributed by atoms with Gasteiger partial charge in [0.25, 0.3) is 0 Å². The van der Waals surface area contributed by atoms with Gasteiger partial charge in [-0.2, -0.15) is 0 Å². The molecule has 0 amide bonds. The number of hydrogen-bond donors (Lipinski definition) is 0. The van der Waals surface area contributed by atoms with Gasteiger partial charge in [0.2, 0.25) is 0 Å². The Morgan fingerprint density at radius 1 is 0.280 bits per heavy atom. The zero-order valence-corrected chi connectivity index (χ0v) is 49.3. The minimum atomic E-state index is -0.794. The van der Waals surface area contributed by atoms with Crippen LogP contribution in [0.3, 0.4) is 0 Å². The molecule has 0 fully saturated rings. The Balaban J connectivity index is 4.44. The second-order valence-corrected chi connectivity index (χ2v) is 20.9.